The van der Waals surface area contributed by atoms with Crippen LogP contribution in [0, 0.1) is 0 Å². The molecule has 0 aliphatic carbocycles. The Kier molecular flexibility index (Phi) is 2.28. The molecule has 7 nitrogen and oxygen atoms in total. The Morgan fingerprint density at radius 3 is 2.80 bits per heavy atom. The van der Waals surface area contributed by atoms with E-state index in [9.17, 15) is 4.79 Å². The van der Waals surface area contributed by atoms with Gasteiger partial charge in [-0.25, -0.2) is 0 Å². The summed E-state index contributed by atoms with van der Waals surface area (Å²) in [4.78, 5) is 15.0. The predicted octanol–water partition coefficient (Wildman–Crippen LogP) is 1.10. The van der Waals surface area contributed by atoms with E-state index in [0.717, 1.165) is 0 Å². The Hall–Kier alpha value is -2.44. The molecule has 0 aliphatic rings. The van der Waals surface area contributed by atoms with Crippen molar-refractivity contribution in [3.63, 3.8) is 0 Å². The Bertz CT molecular complexity index is 526. The van der Waals surface area contributed by atoms with Crippen LogP contribution in [0.1, 0.15) is 0 Å². The van der Waals surface area contributed by atoms with Crippen LogP contribution in [0.2, 0.25) is 0 Å². The maximum atomic E-state index is 11.1. The van der Waals surface area contributed by atoms with Crippen LogP contribution in [0.4, 0.5) is 17.2 Å². The molecule has 2 aromatic rings. The Balaban J connectivity index is 2.30. The topological polar surface area (TPSA) is 112 Å². The minimum atomic E-state index is -0.403. The number of pyridine rings is 1. The van der Waals surface area contributed by atoms with Crippen LogP contribution in [0.5, 0.6) is 0 Å². The number of rotatable bonds is 2. The zero-order chi connectivity index (χ0) is 10.7. The van der Waals surface area contributed by atoms with E-state index in [0.29, 0.717) is 5.69 Å². The molecule has 0 aliphatic heterocycles. The van der Waals surface area contributed by atoms with E-state index < -0.39 is 5.56 Å². The van der Waals surface area contributed by atoms with Gasteiger partial charge in [0.25, 0.3) is 5.56 Å². The normalized spacial score (nSPS) is 10.9. The van der Waals surface area contributed by atoms with E-state index in [1.807, 2.05) is 0 Å². The minimum Gasteiger partial charge on any atom is -0.382 e. The lowest BCUT2D eigenvalue weighted by molar-refractivity contribution is 1.06. The van der Waals surface area contributed by atoms with Gasteiger partial charge in [0.2, 0.25) is 0 Å². The molecule has 0 amide bonds. The van der Waals surface area contributed by atoms with Gasteiger partial charge in [0.15, 0.2) is 5.69 Å². The van der Waals surface area contributed by atoms with Gasteiger partial charge in [0, 0.05) is 6.20 Å². The number of nitrogens with two attached hydrogens (primary N) is 1. The van der Waals surface area contributed by atoms with Crippen molar-refractivity contribution in [1.82, 2.24) is 15.2 Å². The molecule has 7 heteroatoms. The molecule has 0 unspecified atom stereocenters. The Morgan fingerprint density at radius 2 is 2.20 bits per heavy atom. The summed E-state index contributed by atoms with van der Waals surface area (Å²) in [7, 11) is 0. The van der Waals surface area contributed by atoms with Gasteiger partial charge in [-0.05, 0) is 12.1 Å². The highest BCUT2D eigenvalue weighted by Gasteiger charge is 2.04. The highest BCUT2D eigenvalue weighted by molar-refractivity contribution is 5.55. The molecule has 15 heavy (non-hydrogen) atoms. The third-order valence-corrected chi connectivity index (χ3v) is 1.69. The number of nitrogens with one attached hydrogen (secondary N) is 2. The number of H-pyrrole nitrogens is 2. The largest absolute Gasteiger partial charge is 0.382 e. The summed E-state index contributed by atoms with van der Waals surface area (Å²) in [5.41, 5.74) is 5.67. The van der Waals surface area contributed by atoms with Crippen molar-refractivity contribution in [2.24, 2.45) is 10.2 Å². The number of anilines is 1. The molecule has 0 saturated carbocycles. The summed E-state index contributed by atoms with van der Waals surface area (Å²) in [6, 6.07) is 3.44. The first-order chi connectivity index (χ1) is 7.27. The van der Waals surface area contributed by atoms with Gasteiger partial charge in [0.05, 0.1) is 6.20 Å². The average molecular weight is 204 g/mol. The SMILES string of the molecule is Nc1[nH][nH]c(=O)c1N=Nc1cccnc1. The molecule has 0 bridgehead atoms. The van der Waals surface area contributed by atoms with E-state index in [1.54, 1.807) is 18.3 Å². The molecule has 0 aromatic carbocycles. The van der Waals surface area contributed by atoms with Crippen LogP contribution in [-0.4, -0.2) is 15.2 Å². The molecule has 76 valence electrons. The first-order valence-electron chi connectivity index (χ1n) is 4.15. The minimum absolute atomic E-state index is 0.0684. The van der Waals surface area contributed by atoms with E-state index in [4.69, 9.17) is 5.73 Å². The lowest BCUT2D eigenvalue weighted by atomic mass is 10.4. The quantitative estimate of drug-likeness (QED) is 0.636. The number of azo groups is 1. The maximum absolute atomic E-state index is 11.1. The Labute approximate surface area is 84.1 Å². The molecule has 0 spiro atoms. The number of nitrogens with zero attached hydrogens (tertiary/aromatic N) is 3. The van der Waals surface area contributed by atoms with Gasteiger partial charge in [-0.3, -0.25) is 20.0 Å². The van der Waals surface area contributed by atoms with Crippen molar-refractivity contribution in [2.45, 2.75) is 0 Å². The fourth-order valence-electron chi connectivity index (χ4n) is 0.985. The molecule has 2 rings (SSSR count). The number of hydrogen-bond acceptors (Lipinski definition) is 5. The second-order valence-electron chi connectivity index (χ2n) is 2.75. The van der Waals surface area contributed by atoms with E-state index >= 15 is 0 Å². The summed E-state index contributed by atoms with van der Waals surface area (Å²) in [5, 5.41) is 12.3. The number of nitrogen functional groups attached to an aromatic ring is 1. The van der Waals surface area contributed by atoms with Crippen molar-refractivity contribution in [3.05, 3.63) is 34.9 Å². The van der Waals surface area contributed by atoms with E-state index in [2.05, 4.69) is 25.4 Å². The summed E-state index contributed by atoms with van der Waals surface area (Å²) in [6.07, 6.45) is 3.15. The van der Waals surface area contributed by atoms with Gasteiger partial charge in [-0.2, -0.15) is 0 Å². The first kappa shape index (κ1) is 9.13. The smallest absolute Gasteiger partial charge is 0.293 e. The first-order valence-corrected chi connectivity index (χ1v) is 4.15. The van der Waals surface area contributed by atoms with E-state index in [1.165, 1.54) is 6.20 Å². The highest BCUT2D eigenvalue weighted by Crippen LogP contribution is 2.16. The lowest BCUT2D eigenvalue weighted by Crippen LogP contribution is -1.96. The van der Waals surface area contributed by atoms with Gasteiger partial charge in [-0.1, -0.05) is 0 Å². The summed E-state index contributed by atoms with van der Waals surface area (Å²) >= 11 is 0. The molecule has 2 aromatic heterocycles. The number of aromatic amines is 2. The third-order valence-electron chi connectivity index (χ3n) is 1.69. The standard InChI is InChI=1S/C8H8N6O/c9-7-6(8(15)14-13-7)12-11-5-2-1-3-10-4-5/h1-4H,(H4,9,13,14,15). The monoisotopic (exact) mass is 204 g/mol. The van der Waals surface area contributed by atoms with Crippen molar-refractivity contribution in [3.8, 4) is 0 Å². The van der Waals surface area contributed by atoms with Crippen molar-refractivity contribution >= 4 is 17.2 Å². The highest BCUT2D eigenvalue weighted by atomic mass is 16.1. The predicted molar refractivity (Wildman–Crippen MR) is 54.2 cm³/mol. The number of hydrogen-bond donors (Lipinski definition) is 3. The zero-order valence-electron chi connectivity index (χ0n) is 7.64. The third kappa shape index (κ3) is 1.90. The maximum Gasteiger partial charge on any atom is 0.293 e. The van der Waals surface area contributed by atoms with E-state index in [-0.39, 0.29) is 11.5 Å². The molecule has 4 N–H and O–H groups in total. The second kappa shape index (κ2) is 3.74. The second-order valence-corrected chi connectivity index (χ2v) is 2.75. The zero-order valence-corrected chi connectivity index (χ0v) is 7.64. The average Bonchev–Trinajstić information content (AvgIpc) is 2.58. The molecular weight excluding hydrogens is 196 g/mol. The van der Waals surface area contributed by atoms with Crippen molar-refractivity contribution in [2.75, 3.05) is 5.73 Å². The van der Waals surface area contributed by atoms with Crippen LogP contribution in [0.25, 0.3) is 0 Å². The van der Waals surface area contributed by atoms with Gasteiger partial charge in [-0.15, -0.1) is 10.2 Å². The summed E-state index contributed by atoms with van der Waals surface area (Å²) < 4.78 is 0. The summed E-state index contributed by atoms with van der Waals surface area (Å²) in [5.74, 6) is 0.160. The van der Waals surface area contributed by atoms with Crippen molar-refractivity contribution < 1.29 is 0 Å². The molecule has 0 radical (unpaired) electrons. The lowest BCUT2D eigenvalue weighted by Gasteiger charge is -1.88. The van der Waals surface area contributed by atoms with Crippen LogP contribution in [0.15, 0.2) is 39.5 Å². The van der Waals surface area contributed by atoms with Gasteiger partial charge >= 0.3 is 0 Å². The van der Waals surface area contributed by atoms with Crippen molar-refractivity contribution in [1.29, 1.82) is 0 Å². The Morgan fingerprint density at radius 1 is 1.33 bits per heavy atom. The summed E-state index contributed by atoms with van der Waals surface area (Å²) in [6.45, 7) is 0. The number of aromatic nitrogens is 3. The molecule has 0 atom stereocenters. The molecule has 0 fully saturated rings. The van der Waals surface area contributed by atoms with Gasteiger partial charge in [0.1, 0.15) is 11.5 Å². The van der Waals surface area contributed by atoms with Crippen LogP contribution in [-0.2, 0) is 0 Å². The molecular formula is C8H8N6O. The van der Waals surface area contributed by atoms with Crippen LogP contribution >= 0.6 is 0 Å². The van der Waals surface area contributed by atoms with Crippen LogP contribution < -0.4 is 11.3 Å². The van der Waals surface area contributed by atoms with Crippen LogP contribution in [0.3, 0.4) is 0 Å². The molecule has 0 saturated heterocycles. The fraction of sp³-hybridized carbons (Fsp3) is 0. The molecule has 2 heterocycles. The fourth-order valence-corrected chi connectivity index (χ4v) is 0.985. The van der Waals surface area contributed by atoms with Gasteiger partial charge < -0.3 is 5.73 Å².